The van der Waals surface area contributed by atoms with Crippen LogP contribution in [0, 0.1) is 12.7 Å². The van der Waals surface area contributed by atoms with Crippen LogP contribution >= 0.6 is 0 Å². The Labute approximate surface area is 96.8 Å². The molecule has 0 aromatic heterocycles. The Balaban J connectivity index is 2.19. The second-order valence-corrected chi connectivity index (χ2v) is 3.93. The summed E-state index contributed by atoms with van der Waals surface area (Å²) in [6.45, 7) is 4.41. The molecule has 1 N–H and O–H groups in total. The van der Waals surface area contributed by atoms with Crippen LogP contribution in [0.1, 0.15) is 17.5 Å². The lowest BCUT2D eigenvalue weighted by Gasteiger charge is -2.05. The van der Waals surface area contributed by atoms with Crippen LogP contribution in [0.25, 0.3) is 0 Å². The summed E-state index contributed by atoms with van der Waals surface area (Å²) in [5, 5.41) is 3.28. The number of hydrogen-bond acceptors (Lipinski definition) is 2. The summed E-state index contributed by atoms with van der Waals surface area (Å²) in [5.74, 6) is -0.123. The van der Waals surface area contributed by atoms with Gasteiger partial charge in [-0.25, -0.2) is 4.39 Å². The molecule has 16 heavy (non-hydrogen) atoms. The molecule has 0 aliphatic carbocycles. The minimum atomic E-state index is -0.123. The first-order valence-electron chi connectivity index (χ1n) is 5.68. The molecule has 0 aliphatic rings. The van der Waals surface area contributed by atoms with Crippen molar-refractivity contribution in [1.82, 2.24) is 5.32 Å². The Hall–Kier alpha value is -0.930. The van der Waals surface area contributed by atoms with Gasteiger partial charge in [0.1, 0.15) is 5.82 Å². The average molecular weight is 225 g/mol. The van der Waals surface area contributed by atoms with Gasteiger partial charge >= 0.3 is 0 Å². The molecule has 0 spiro atoms. The molecule has 0 radical (unpaired) electrons. The molecule has 0 saturated carbocycles. The molecule has 0 aliphatic heterocycles. The molecule has 2 nitrogen and oxygen atoms in total. The van der Waals surface area contributed by atoms with E-state index in [1.807, 2.05) is 12.1 Å². The zero-order chi connectivity index (χ0) is 11.8. The lowest BCUT2D eigenvalue weighted by atomic mass is 10.1. The Morgan fingerprint density at radius 2 is 2.12 bits per heavy atom. The van der Waals surface area contributed by atoms with Crippen LogP contribution in [0.2, 0.25) is 0 Å². The smallest absolute Gasteiger partial charge is 0.126 e. The van der Waals surface area contributed by atoms with Crippen molar-refractivity contribution in [3.05, 3.63) is 35.1 Å². The van der Waals surface area contributed by atoms with Gasteiger partial charge in [0.2, 0.25) is 0 Å². The van der Waals surface area contributed by atoms with E-state index >= 15 is 0 Å². The summed E-state index contributed by atoms with van der Waals surface area (Å²) in [4.78, 5) is 0. The van der Waals surface area contributed by atoms with Gasteiger partial charge in [0.15, 0.2) is 0 Å². The van der Waals surface area contributed by atoms with Crippen molar-refractivity contribution < 1.29 is 9.13 Å². The van der Waals surface area contributed by atoms with E-state index in [4.69, 9.17) is 4.74 Å². The fourth-order valence-corrected chi connectivity index (χ4v) is 1.58. The van der Waals surface area contributed by atoms with E-state index in [-0.39, 0.29) is 5.82 Å². The van der Waals surface area contributed by atoms with Crippen LogP contribution in [0.3, 0.4) is 0 Å². The Bertz CT molecular complexity index is 315. The topological polar surface area (TPSA) is 21.3 Å². The molecule has 1 rings (SSSR count). The van der Waals surface area contributed by atoms with Crippen LogP contribution in [0.15, 0.2) is 18.2 Å². The SMILES string of the molecule is COCCNCCCc1ccc(F)c(C)c1. The van der Waals surface area contributed by atoms with Crippen LogP contribution in [0.5, 0.6) is 0 Å². The summed E-state index contributed by atoms with van der Waals surface area (Å²) >= 11 is 0. The first kappa shape index (κ1) is 13.1. The number of ether oxygens (including phenoxy) is 1. The molecule has 0 bridgehead atoms. The third-order valence-electron chi connectivity index (χ3n) is 2.52. The van der Waals surface area contributed by atoms with Gasteiger partial charge in [0, 0.05) is 13.7 Å². The fraction of sp³-hybridized carbons (Fsp3) is 0.538. The van der Waals surface area contributed by atoms with Gasteiger partial charge in [0.25, 0.3) is 0 Å². The van der Waals surface area contributed by atoms with Gasteiger partial charge < -0.3 is 10.1 Å². The second-order valence-electron chi connectivity index (χ2n) is 3.93. The van der Waals surface area contributed by atoms with Gasteiger partial charge in [-0.15, -0.1) is 0 Å². The van der Waals surface area contributed by atoms with Crippen molar-refractivity contribution >= 4 is 0 Å². The first-order chi connectivity index (χ1) is 7.74. The molecule has 0 fully saturated rings. The maximum Gasteiger partial charge on any atom is 0.126 e. The number of benzene rings is 1. The van der Waals surface area contributed by atoms with E-state index in [0.717, 1.165) is 38.1 Å². The van der Waals surface area contributed by atoms with Crippen LogP contribution in [-0.4, -0.2) is 26.8 Å². The van der Waals surface area contributed by atoms with Crippen molar-refractivity contribution in [3.8, 4) is 0 Å². The summed E-state index contributed by atoms with van der Waals surface area (Å²) in [7, 11) is 1.70. The van der Waals surface area contributed by atoms with Gasteiger partial charge in [-0.3, -0.25) is 0 Å². The lowest BCUT2D eigenvalue weighted by molar-refractivity contribution is 0.199. The van der Waals surface area contributed by atoms with Crippen molar-refractivity contribution in [1.29, 1.82) is 0 Å². The van der Waals surface area contributed by atoms with Gasteiger partial charge in [-0.2, -0.15) is 0 Å². The predicted octanol–water partition coefficient (Wildman–Crippen LogP) is 2.30. The Morgan fingerprint density at radius 1 is 1.31 bits per heavy atom. The number of rotatable bonds is 7. The van der Waals surface area contributed by atoms with Gasteiger partial charge in [-0.05, 0) is 43.5 Å². The molecule has 0 saturated heterocycles. The lowest BCUT2D eigenvalue weighted by Crippen LogP contribution is -2.20. The first-order valence-corrected chi connectivity index (χ1v) is 5.68. The fourth-order valence-electron chi connectivity index (χ4n) is 1.58. The maximum absolute atomic E-state index is 13.0. The summed E-state index contributed by atoms with van der Waals surface area (Å²) in [5.41, 5.74) is 1.93. The number of hydrogen-bond donors (Lipinski definition) is 1. The minimum absolute atomic E-state index is 0.123. The molecule has 0 unspecified atom stereocenters. The number of halogens is 1. The monoisotopic (exact) mass is 225 g/mol. The van der Waals surface area contributed by atoms with Crippen molar-refractivity contribution in [2.24, 2.45) is 0 Å². The molecule has 1 aromatic rings. The highest BCUT2D eigenvalue weighted by Crippen LogP contribution is 2.10. The highest BCUT2D eigenvalue weighted by atomic mass is 19.1. The molecular weight excluding hydrogens is 205 g/mol. The van der Waals surface area contributed by atoms with E-state index in [9.17, 15) is 4.39 Å². The predicted molar refractivity (Wildman–Crippen MR) is 64.2 cm³/mol. The molecule has 1 aromatic carbocycles. The van der Waals surface area contributed by atoms with Crippen LogP contribution in [0.4, 0.5) is 4.39 Å². The molecule has 0 heterocycles. The second kappa shape index (κ2) is 7.36. The van der Waals surface area contributed by atoms with E-state index in [1.54, 1.807) is 20.1 Å². The highest BCUT2D eigenvalue weighted by molar-refractivity contribution is 5.23. The van der Waals surface area contributed by atoms with E-state index in [2.05, 4.69) is 5.32 Å². The van der Waals surface area contributed by atoms with E-state index in [1.165, 1.54) is 5.56 Å². The Kier molecular flexibility index (Phi) is 6.04. The molecule has 3 heteroatoms. The number of aryl methyl sites for hydroxylation is 2. The third-order valence-corrected chi connectivity index (χ3v) is 2.52. The summed E-state index contributed by atoms with van der Waals surface area (Å²) < 4.78 is 17.9. The molecule has 0 amide bonds. The van der Waals surface area contributed by atoms with Crippen LogP contribution < -0.4 is 5.32 Å². The zero-order valence-corrected chi connectivity index (χ0v) is 10.1. The maximum atomic E-state index is 13.0. The number of nitrogens with one attached hydrogen (secondary N) is 1. The van der Waals surface area contributed by atoms with Gasteiger partial charge in [0.05, 0.1) is 6.61 Å². The quantitative estimate of drug-likeness (QED) is 0.719. The summed E-state index contributed by atoms with van der Waals surface area (Å²) in [6, 6.07) is 5.32. The average Bonchev–Trinajstić information content (AvgIpc) is 2.28. The van der Waals surface area contributed by atoms with E-state index in [0.29, 0.717) is 0 Å². The zero-order valence-electron chi connectivity index (χ0n) is 10.1. The normalized spacial score (nSPS) is 10.7. The number of methoxy groups -OCH3 is 1. The Morgan fingerprint density at radius 3 is 2.81 bits per heavy atom. The van der Waals surface area contributed by atoms with E-state index < -0.39 is 0 Å². The third kappa shape index (κ3) is 4.73. The van der Waals surface area contributed by atoms with Crippen molar-refractivity contribution in [3.63, 3.8) is 0 Å². The standard InChI is InChI=1S/C13H20FNO/c1-11-10-12(5-6-13(11)14)4-3-7-15-8-9-16-2/h5-6,10,15H,3-4,7-9H2,1-2H3. The molecule has 90 valence electrons. The van der Waals surface area contributed by atoms with Crippen molar-refractivity contribution in [2.75, 3.05) is 26.8 Å². The highest BCUT2D eigenvalue weighted by Gasteiger charge is 1.98. The van der Waals surface area contributed by atoms with Crippen molar-refractivity contribution in [2.45, 2.75) is 19.8 Å². The van der Waals surface area contributed by atoms with Crippen LogP contribution in [-0.2, 0) is 11.2 Å². The molecule has 0 atom stereocenters. The molecular formula is C13H20FNO. The van der Waals surface area contributed by atoms with Gasteiger partial charge in [-0.1, -0.05) is 12.1 Å². The summed E-state index contributed by atoms with van der Waals surface area (Å²) in [6.07, 6.45) is 2.05. The largest absolute Gasteiger partial charge is 0.383 e. The minimum Gasteiger partial charge on any atom is -0.383 e.